The SMILES string of the molecule is CCCNCc1sccc1S(=O)(=O)NC(CC)CSC. The van der Waals surface area contributed by atoms with E-state index in [2.05, 4.69) is 17.0 Å². The van der Waals surface area contributed by atoms with Crippen LogP contribution in [-0.2, 0) is 16.6 Å². The number of nitrogens with one attached hydrogen (secondary N) is 2. The van der Waals surface area contributed by atoms with Crippen LogP contribution in [0.2, 0.25) is 0 Å². The second-order valence-electron chi connectivity index (χ2n) is 4.57. The van der Waals surface area contributed by atoms with Gasteiger partial charge in [0, 0.05) is 23.2 Å². The minimum atomic E-state index is -3.41. The van der Waals surface area contributed by atoms with Gasteiger partial charge in [-0.2, -0.15) is 11.8 Å². The fourth-order valence-electron chi connectivity index (χ4n) is 1.80. The third-order valence-electron chi connectivity index (χ3n) is 2.89. The fraction of sp³-hybridized carbons (Fsp3) is 0.692. The van der Waals surface area contributed by atoms with Crippen molar-refractivity contribution in [3.8, 4) is 0 Å². The lowest BCUT2D eigenvalue weighted by molar-refractivity contribution is 0.556. The van der Waals surface area contributed by atoms with Crippen molar-refractivity contribution in [2.24, 2.45) is 0 Å². The average molecular weight is 337 g/mol. The summed E-state index contributed by atoms with van der Waals surface area (Å²) < 4.78 is 27.7. The van der Waals surface area contributed by atoms with Crippen LogP contribution in [0.1, 0.15) is 31.6 Å². The van der Waals surface area contributed by atoms with Crippen molar-refractivity contribution in [2.75, 3.05) is 18.6 Å². The summed E-state index contributed by atoms with van der Waals surface area (Å²) in [6, 6.07) is 1.69. The van der Waals surface area contributed by atoms with E-state index < -0.39 is 10.0 Å². The number of hydrogen-bond acceptors (Lipinski definition) is 5. The Balaban J connectivity index is 2.79. The van der Waals surface area contributed by atoms with Crippen molar-refractivity contribution in [1.29, 1.82) is 0 Å². The molecule has 0 amide bonds. The summed E-state index contributed by atoms with van der Waals surface area (Å²) in [4.78, 5) is 1.30. The van der Waals surface area contributed by atoms with Gasteiger partial charge < -0.3 is 5.32 Å². The molecule has 0 spiro atoms. The highest BCUT2D eigenvalue weighted by molar-refractivity contribution is 7.98. The minimum absolute atomic E-state index is 0.00801. The van der Waals surface area contributed by atoms with E-state index in [0.717, 1.165) is 30.0 Å². The molecule has 1 aromatic rings. The second kappa shape index (κ2) is 9.04. The first-order valence-electron chi connectivity index (χ1n) is 6.83. The van der Waals surface area contributed by atoms with Gasteiger partial charge in [0.2, 0.25) is 10.0 Å². The van der Waals surface area contributed by atoms with E-state index >= 15 is 0 Å². The molecular formula is C13H24N2O2S3. The Morgan fingerprint density at radius 2 is 2.15 bits per heavy atom. The molecule has 0 aliphatic carbocycles. The zero-order valence-corrected chi connectivity index (χ0v) is 14.8. The molecule has 0 aliphatic heterocycles. The smallest absolute Gasteiger partial charge is 0.242 e. The number of sulfonamides is 1. The molecule has 4 nitrogen and oxygen atoms in total. The summed E-state index contributed by atoms with van der Waals surface area (Å²) in [5, 5.41) is 5.10. The summed E-state index contributed by atoms with van der Waals surface area (Å²) >= 11 is 3.14. The van der Waals surface area contributed by atoms with Crippen LogP contribution in [-0.4, -0.2) is 33.0 Å². The quantitative estimate of drug-likeness (QED) is 0.645. The van der Waals surface area contributed by atoms with Gasteiger partial charge in [-0.05, 0) is 37.1 Å². The molecule has 0 aromatic carbocycles. The van der Waals surface area contributed by atoms with Crippen LogP contribution in [0.3, 0.4) is 0 Å². The van der Waals surface area contributed by atoms with E-state index in [9.17, 15) is 8.42 Å². The molecule has 1 aromatic heterocycles. The van der Waals surface area contributed by atoms with E-state index in [1.165, 1.54) is 11.3 Å². The van der Waals surface area contributed by atoms with Crippen LogP contribution in [0.15, 0.2) is 16.3 Å². The van der Waals surface area contributed by atoms with Crippen molar-refractivity contribution >= 4 is 33.1 Å². The zero-order valence-electron chi connectivity index (χ0n) is 12.3. The number of rotatable bonds is 10. The van der Waals surface area contributed by atoms with Gasteiger partial charge >= 0.3 is 0 Å². The van der Waals surface area contributed by atoms with E-state index in [1.807, 2.05) is 18.6 Å². The summed E-state index contributed by atoms with van der Waals surface area (Å²) in [5.74, 6) is 0.795. The lowest BCUT2D eigenvalue weighted by Gasteiger charge is -2.16. The monoisotopic (exact) mass is 336 g/mol. The van der Waals surface area contributed by atoms with Gasteiger partial charge in [0.1, 0.15) is 0 Å². The minimum Gasteiger partial charge on any atom is -0.312 e. The van der Waals surface area contributed by atoms with Gasteiger partial charge in [-0.15, -0.1) is 11.3 Å². The maximum atomic E-state index is 12.4. The van der Waals surface area contributed by atoms with Crippen LogP contribution in [0, 0.1) is 0 Å². The Morgan fingerprint density at radius 3 is 2.75 bits per heavy atom. The van der Waals surface area contributed by atoms with Gasteiger partial charge in [-0.3, -0.25) is 0 Å². The Morgan fingerprint density at radius 1 is 1.40 bits per heavy atom. The molecule has 0 saturated carbocycles. The third-order valence-corrected chi connectivity index (χ3v) is 6.28. The van der Waals surface area contributed by atoms with E-state index in [-0.39, 0.29) is 6.04 Å². The summed E-state index contributed by atoms with van der Waals surface area (Å²) in [5.41, 5.74) is 0. The van der Waals surface area contributed by atoms with Gasteiger partial charge in [0.25, 0.3) is 0 Å². The highest BCUT2D eigenvalue weighted by atomic mass is 32.2. The summed E-state index contributed by atoms with van der Waals surface area (Å²) in [6.07, 6.45) is 3.83. The van der Waals surface area contributed by atoms with E-state index in [1.54, 1.807) is 17.8 Å². The molecule has 1 unspecified atom stereocenters. The molecule has 0 aliphatic rings. The zero-order chi connectivity index (χ0) is 15.0. The molecule has 1 atom stereocenters. The lowest BCUT2D eigenvalue weighted by atomic mass is 10.3. The van der Waals surface area contributed by atoms with E-state index in [0.29, 0.717) is 11.4 Å². The maximum absolute atomic E-state index is 12.4. The standard InChI is InChI=1S/C13H24N2O2S3/c1-4-7-14-9-12-13(6-8-19-12)20(16,17)15-11(5-2)10-18-3/h6,8,11,14-15H,4-5,7,9-10H2,1-3H3. The first kappa shape index (κ1) is 18.0. The Labute approximate surface area is 130 Å². The fourth-order valence-corrected chi connectivity index (χ4v) is 5.35. The van der Waals surface area contributed by atoms with Crippen molar-refractivity contribution in [3.63, 3.8) is 0 Å². The molecule has 0 bridgehead atoms. The molecule has 0 radical (unpaired) electrons. The van der Waals surface area contributed by atoms with E-state index in [4.69, 9.17) is 0 Å². The number of hydrogen-bond donors (Lipinski definition) is 2. The topological polar surface area (TPSA) is 58.2 Å². The number of thiophene rings is 1. The van der Waals surface area contributed by atoms with Gasteiger partial charge in [-0.1, -0.05) is 13.8 Å². The van der Waals surface area contributed by atoms with Crippen LogP contribution >= 0.6 is 23.1 Å². The van der Waals surface area contributed by atoms with Crippen molar-refractivity contribution < 1.29 is 8.42 Å². The average Bonchev–Trinajstić information content (AvgIpc) is 2.87. The van der Waals surface area contributed by atoms with Crippen LogP contribution < -0.4 is 10.0 Å². The highest BCUT2D eigenvalue weighted by Gasteiger charge is 2.22. The Kier molecular flexibility index (Phi) is 8.13. The molecule has 20 heavy (non-hydrogen) atoms. The first-order chi connectivity index (χ1) is 9.55. The van der Waals surface area contributed by atoms with Crippen LogP contribution in [0.4, 0.5) is 0 Å². The Bertz CT molecular complexity index is 486. The second-order valence-corrected chi connectivity index (χ2v) is 8.16. The van der Waals surface area contributed by atoms with Gasteiger partial charge in [0.05, 0.1) is 4.90 Å². The van der Waals surface area contributed by atoms with Gasteiger partial charge in [0.15, 0.2) is 0 Å². The molecular weight excluding hydrogens is 312 g/mol. The molecule has 116 valence electrons. The van der Waals surface area contributed by atoms with Gasteiger partial charge in [-0.25, -0.2) is 13.1 Å². The molecule has 1 heterocycles. The summed E-state index contributed by atoms with van der Waals surface area (Å²) in [7, 11) is -3.41. The van der Waals surface area contributed by atoms with Crippen molar-refractivity contribution in [3.05, 3.63) is 16.3 Å². The normalized spacial score (nSPS) is 13.6. The molecule has 0 fully saturated rings. The first-order valence-corrected chi connectivity index (χ1v) is 10.6. The molecule has 1 rings (SSSR count). The highest BCUT2D eigenvalue weighted by Crippen LogP contribution is 2.22. The third kappa shape index (κ3) is 5.37. The summed E-state index contributed by atoms with van der Waals surface area (Å²) in [6.45, 7) is 5.60. The van der Waals surface area contributed by atoms with Crippen molar-refractivity contribution in [2.45, 2.75) is 44.2 Å². The lowest BCUT2D eigenvalue weighted by Crippen LogP contribution is -2.36. The largest absolute Gasteiger partial charge is 0.312 e. The maximum Gasteiger partial charge on any atom is 0.242 e. The number of thioether (sulfide) groups is 1. The van der Waals surface area contributed by atoms with Crippen LogP contribution in [0.25, 0.3) is 0 Å². The predicted octanol–water partition coefficient (Wildman–Crippen LogP) is 2.67. The van der Waals surface area contributed by atoms with Crippen molar-refractivity contribution in [1.82, 2.24) is 10.0 Å². The molecule has 0 saturated heterocycles. The predicted molar refractivity (Wildman–Crippen MR) is 89.1 cm³/mol. The molecule has 7 heteroatoms. The molecule has 2 N–H and O–H groups in total. The Hall–Kier alpha value is -0.0800. The van der Waals surface area contributed by atoms with Crippen LogP contribution in [0.5, 0.6) is 0 Å².